The Balaban J connectivity index is 1.53. The van der Waals surface area contributed by atoms with Crippen LogP contribution in [0.3, 0.4) is 0 Å². The molecule has 0 radical (unpaired) electrons. The minimum absolute atomic E-state index is 0.161. The summed E-state index contributed by atoms with van der Waals surface area (Å²) in [6, 6.07) is 8.34. The van der Waals surface area contributed by atoms with E-state index in [1.165, 1.54) is 4.88 Å². The quantitative estimate of drug-likeness (QED) is 0.620. The third-order valence-electron chi connectivity index (χ3n) is 4.13. The molecule has 1 aliphatic rings. The second-order valence-electron chi connectivity index (χ2n) is 5.83. The van der Waals surface area contributed by atoms with Crippen molar-refractivity contribution in [1.82, 2.24) is 10.3 Å². The molecule has 3 aromatic rings. The van der Waals surface area contributed by atoms with Crippen LogP contribution in [0, 0.1) is 0 Å². The number of nitrogens with zero attached hydrogens (tertiary/aromatic N) is 1. The number of thiophene rings is 1. The highest BCUT2D eigenvalue weighted by molar-refractivity contribution is 7.10. The highest BCUT2D eigenvalue weighted by atomic mass is 32.1. The summed E-state index contributed by atoms with van der Waals surface area (Å²) in [5.74, 6) is 2.35. The summed E-state index contributed by atoms with van der Waals surface area (Å²) in [5, 5.41) is 8.87. The van der Waals surface area contributed by atoms with Gasteiger partial charge in [0.05, 0.1) is 12.6 Å². The zero-order chi connectivity index (χ0) is 17.8. The summed E-state index contributed by atoms with van der Waals surface area (Å²) < 4.78 is 16.8. The zero-order valence-corrected chi connectivity index (χ0v) is 16.1. The van der Waals surface area contributed by atoms with Crippen LogP contribution in [0.1, 0.15) is 28.4 Å². The van der Waals surface area contributed by atoms with Gasteiger partial charge in [-0.25, -0.2) is 4.98 Å². The van der Waals surface area contributed by atoms with E-state index in [2.05, 4.69) is 27.8 Å². The maximum atomic E-state index is 5.80. The first-order valence-electron chi connectivity index (χ1n) is 8.54. The van der Waals surface area contributed by atoms with E-state index in [1.54, 1.807) is 22.7 Å². The fourth-order valence-electron chi connectivity index (χ4n) is 2.91. The number of benzene rings is 1. The molecule has 0 aliphatic carbocycles. The van der Waals surface area contributed by atoms with E-state index in [9.17, 15) is 0 Å². The fourth-order valence-corrected chi connectivity index (χ4v) is 4.38. The molecule has 1 aromatic carbocycles. The lowest BCUT2D eigenvalue weighted by Crippen LogP contribution is -2.23. The van der Waals surface area contributed by atoms with Gasteiger partial charge in [-0.2, -0.15) is 0 Å². The van der Waals surface area contributed by atoms with Crippen LogP contribution < -0.4 is 19.5 Å². The highest BCUT2D eigenvalue weighted by Gasteiger charge is 2.20. The van der Waals surface area contributed by atoms with Crippen molar-refractivity contribution in [2.45, 2.75) is 25.9 Å². The molecule has 1 atom stereocenters. The number of thiazole rings is 1. The monoisotopic (exact) mass is 388 g/mol. The predicted octanol–water partition coefficient (Wildman–Crippen LogP) is 4.41. The van der Waals surface area contributed by atoms with Crippen molar-refractivity contribution >= 4 is 22.7 Å². The van der Waals surface area contributed by atoms with E-state index in [1.807, 2.05) is 30.6 Å². The van der Waals surface area contributed by atoms with E-state index >= 15 is 0 Å². The second kappa shape index (κ2) is 8.07. The highest BCUT2D eigenvalue weighted by Crippen LogP contribution is 2.38. The first-order valence-corrected chi connectivity index (χ1v) is 10.3. The number of aromatic nitrogens is 1. The molecule has 0 unspecified atom stereocenters. The molecule has 3 heterocycles. The van der Waals surface area contributed by atoms with Crippen LogP contribution in [-0.2, 0) is 13.0 Å². The molecule has 4 rings (SSSR count). The molecule has 26 heavy (non-hydrogen) atoms. The van der Waals surface area contributed by atoms with Gasteiger partial charge in [-0.3, -0.25) is 0 Å². The third-order valence-corrected chi connectivity index (χ3v) is 5.92. The second-order valence-corrected chi connectivity index (χ2v) is 7.79. The van der Waals surface area contributed by atoms with Crippen molar-refractivity contribution < 1.29 is 14.2 Å². The maximum Gasteiger partial charge on any atom is 0.231 e. The van der Waals surface area contributed by atoms with E-state index < -0.39 is 0 Å². The molecule has 0 saturated carbocycles. The van der Waals surface area contributed by atoms with Gasteiger partial charge in [0.1, 0.15) is 10.8 Å². The fraction of sp³-hybridized carbons (Fsp3) is 0.316. The first kappa shape index (κ1) is 17.3. The van der Waals surface area contributed by atoms with Gasteiger partial charge in [-0.05, 0) is 24.4 Å². The van der Waals surface area contributed by atoms with Gasteiger partial charge in [-0.15, -0.1) is 22.7 Å². The Morgan fingerprint density at radius 3 is 2.85 bits per heavy atom. The Morgan fingerprint density at radius 1 is 1.23 bits per heavy atom. The normalized spacial score (nSPS) is 13.7. The van der Waals surface area contributed by atoms with Crippen molar-refractivity contribution in [3.63, 3.8) is 0 Å². The molecule has 1 N–H and O–H groups in total. The van der Waals surface area contributed by atoms with Gasteiger partial charge in [0.15, 0.2) is 11.5 Å². The Bertz CT molecular complexity index is 835. The van der Waals surface area contributed by atoms with Crippen LogP contribution in [0.25, 0.3) is 0 Å². The standard InChI is InChI=1S/C19H20N2O3S2/c1-2-22-16-10-18-17(23-12-24-18)8-13(16)11-21-15(19-20-5-7-26-19)9-14-4-3-6-25-14/h3-8,10,15,21H,2,9,11-12H2,1H3/t15-/m0/s1. The van der Waals surface area contributed by atoms with Crippen LogP contribution in [-0.4, -0.2) is 18.4 Å². The molecule has 0 amide bonds. The molecule has 0 saturated heterocycles. The van der Waals surface area contributed by atoms with Crippen molar-refractivity contribution in [1.29, 1.82) is 0 Å². The predicted molar refractivity (Wildman–Crippen MR) is 103 cm³/mol. The van der Waals surface area contributed by atoms with Gasteiger partial charge in [0.2, 0.25) is 6.79 Å². The van der Waals surface area contributed by atoms with Gasteiger partial charge in [-0.1, -0.05) is 6.07 Å². The minimum Gasteiger partial charge on any atom is -0.493 e. The van der Waals surface area contributed by atoms with E-state index in [4.69, 9.17) is 14.2 Å². The molecule has 0 fully saturated rings. The largest absolute Gasteiger partial charge is 0.493 e. The van der Waals surface area contributed by atoms with Crippen LogP contribution in [0.2, 0.25) is 0 Å². The Kier molecular flexibility index (Phi) is 5.38. The lowest BCUT2D eigenvalue weighted by molar-refractivity contribution is 0.173. The summed E-state index contributed by atoms with van der Waals surface area (Å²) >= 11 is 3.45. The van der Waals surface area contributed by atoms with Crippen molar-refractivity contribution in [2.24, 2.45) is 0 Å². The molecule has 2 aromatic heterocycles. The number of hydrogen-bond donors (Lipinski definition) is 1. The molecular formula is C19H20N2O3S2. The third kappa shape index (κ3) is 3.85. The lowest BCUT2D eigenvalue weighted by Gasteiger charge is -2.18. The van der Waals surface area contributed by atoms with E-state index in [0.29, 0.717) is 13.2 Å². The lowest BCUT2D eigenvalue weighted by atomic mass is 10.1. The van der Waals surface area contributed by atoms with Crippen molar-refractivity contribution in [3.05, 3.63) is 56.7 Å². The molecule has 1 aliphatic heterocycles. The topological polar surface area (TPSA) is 52.6 Å². The SMILES string of the molecule is CCOc1cc2c(cc1CN[C@@H](Cc1cccs1)c1nccs1)OCO2. The van der Waals surface area contributed by atoms with Crippen LogP contribution >= 0.6 is 22.7 Å². The molecule has 5 nitrogen and oxygen atoms in total. The van der Waals surface area contributed by atoms with Gasteiger partial charge >= 0.3 is 0 Å². The van der Waals surface area contributed by atoms with Crippen LogP contribution in [0.4, 0.5) is 0 Å². The summed E-state index contributed by atoms with van der Waals surface area (Å²) in [7, 11) is 0. The Morgan fingerprint density at radius 2 is 2.12 bits per heavy atom. The average molecular weight is 389 g/mol. The maximum absolute atomic E-state index is 5.80. The number of ether oxygens (including phenoxy) is 3. The smallest absolute Gasteiger partial charge is 0.231 e. The average Bonchev–Trinajstić information content (AvgIpc) is 3.40. The van der Waals surface area contributed by atoms with Gasteiger partial charge < -0.3 is 19.5 Å². The van der Waals surface area contributed by atoms with Gasteiger partial charge in [0, 0.05) is 41.0 Å². The Labute approximate surface area is 160 Å². The zero-order valence-electron chi connectivity index (χ0n) is 14.4. The number of rotatable bonds is 8. The van der Waals surface area contributed by atoms with Crippen LogP contribution in [0.5, 0.6) is 17.2 Å². The van der Waals surface area contributed by atoms with E-state index in [-0.39, 0.29) is 12.8 Å². The number of fused-ring (bicyclic) bond motifs is 1. The summed E-state index contributed by atoms with van der Waals surface area (Å²) in [6.07, 6.45) is 2.77. The molecule has 0 bridgehead atoms. The summed E-state index contributed by atoms with van der Waals surface area (Å²) in [5.41, 5.74) is 1.06. The molecular weight excluding hydrogens is 368 g/mol. The number of hydrogen-bond acceptors (Lipinski definition) is 7. The van der Waals surface area contributed by atoms with Crippen LogP contribution in [0.15, 0.2) is 41.2 Å². The van der Waals surface area contributed by atoms with E-state index in [0.717, 1.165) is 34.2 Å². The summed E-state index contributed by atoms with van der Waals surface area (Å²) in [4.78, 5) is 5.85. The molecule has 0 spiro atoms. The first-order chi connectivity index (χ1) is 12.8. The number of nitrogens with one attached hydrogen (secondary N) is 1. The Hall–Kier alpha value is -2.09. The minimum atomic E-state index is 0.161. The van der Waals surface area contributed by atoms with Crippen molar-refractivity contribution in [2.75, 3.05) is 13.4 Å². The summed E-state index contributed by atoms with van der Waals surface area (Å²) in [6.45, 7) is 3.52. The molecule has 136 valence electrons. The van der Waals surface area contributed by atoms with Crippen molar-refractivity contribution in [3.8, 4) is 17.2 Å². The van der Waals surface area contributed by atoms with Gasteiger partial charge in [0.25, 0.3) is 0 Å². The molecule has 7 heteroatoms.